The molecule has 364 valence electrons. The summed E-state index contributed by atoms with van der Waals surface area (Å²) in [6, 6.07) is -0.640. The lowest BCUT2D eigenvalue weighted by Gasteiger charge is -2.20. The molecule has 0 saturated carbocycles. The molecule has 0 aromatic carbocycles. The van der Waals surface area contributed by atoms with Crippen molar-refractivity contribution < 1.29 is 24.5 Å². The topological polar surface area (TPSA) is 95.9 Å². The quantitative estimate of drug-likeness (QED) is 0.0321. The van der Waals surface area contributed by atoms with Gasteiger partial charge in [-0.2, -0.15) is 0 Å². The number of allylic oxidation sites excluding steroid dienone is 5. The molecule has 6 nitrogen and oxygen atoms in total. The van der Waals surface area contributed by atoms with Crippen LogP contribution in [0.3, 0.4) is 0 Å². The van der Waals surface area contributed by atoms with Crippen molar-refractivity contribution >= 4 is 11.9 Å². The first-order chi connectivity index (χ1) is 30.5. The van der Waals surface area contributed by atoms with Gasteiger partial charge in [-0.25, -0.2) is 0 Å². The number of hydrogen-bond donors (Lipinski definition) is 3. The number of hydrogen-bond acceptors (Lipinski definition) is 5. The Kier molecular flexibility index (Phi) is 50.1. The van der Waals surface area contributed by atoms with E-state index in [9.17, 15) is 19.8 Å². The van der Waals surface area contributed by atoms with Crippen molar-refractivity contribution in [2.75, 3.05) is 13.2 Å². The number of aliphatic hydroxyl groups excluding tert-OH is 2. The van der Waals surface area contributed by atoms with E-state index >= 15 is 0 Å². The summed E-state index contributed by atoms with van der Waals surface area (Å²) in [7, 11) is 0. The van der Waals surface area contributed by atoms with Crippen LogP contribution in [0.2, 0.25) is 0 Å². The fraction of sp³-hybridized carbons (Fsp3) is 0.857. The minimum atomic E-state index is -0.855. The predicted octanol–water partition coefficient (Wildman–Crippen LogP) is 16.5. The standard InChI is InChI=1S/C56H105NO5/c1-3-5-7-9-11-13-15-17-19-20-21-23-25-30-34-38-42-46-50-56(61)62-51-47-43-39-35-31-27-26-29-33-37-41-45-49-55(60)57-53(52-58)54(59)48-44-40-36-32-28-24-22-18-16-14-12-10-8-6-4-2/h13,15,19-20,44,48,53-54,58-59H,3-12,14,16-18,21-43,45-47,49-52H2,1-2H3,(H,57,60)/b15-13-,20-19-,48-44+. The van der Waals surface area contributed by atoms with Gasteiger partial charge in [0.15, 0.2) is 0 Å². The molecule has 1 amide bonds. The number of aliphatic hydroxyl groups is 2. The van der Waals surface area contributed by atoms with Crippen LogP contribution < -0.4 is 5.32 Å². The van der Waals surface area contributed by atoms with E-state index in [-0.39, 0.29) is 18.5 Å². The van der Waals surface area contributed by atoms with E-state index in [2.05, 4.69) is 43.5 Å². The molecule has 0 bridgehead atoms. The van der Waals surface area contributed by atoms with Crippen molar-refractivity contribution in [1.29, 1.82) is 0 Å². The summed E-state index contributed by atoms with van der Waals surface area (Å²) >= 11 is 0. The third kappa shape index (κ3) is 47.6. The lowest BCUT2D eigenvalue weighted by molar-refractivity contribution is -0.143. The molecule has 6 heteroatoms. The third-order valence-corrected chi connectivity index (χ3v) is 12.4. The van der Waals surface area contributed by atoms with E-state index in [1.165, 1.54) is 193 Å². The molecule has 2 unspecified atom stereocenters. The van der Waals surface area contributed by atoms with Crippen LogP contribution in [0.25, 0.3) is 0 Å². The molecule has 0 aromatic rings. The first kappa shape index (κ1) is 60.1. The number of esters is 1. The van der Waals surface area contributed by atoms with Gasteiger partial charge < -0.3 is 20.3 Å². The van der Waals surface area contributed by atoms with Crippen LogP contribution >= 0.6 is 0 Å². The van der Waals surface area contributed by atoms with Crippen LogP contribution in [-0.4, -0.2) is 47.4 Å². The molecule has 0 radical (unpaired) electrons. The Morgan fingerprint density at radius 3 is 1.24 bits per heavy atom. The van der Waals surface area contributed by atoms with Gasteiger partial charge in [0.05, 0.1) is 25.4 Å². The van der Waals surface area contributed by atoms with Crippen molar-refractivity contribution in [1.82, 2.24) is 5.32 Å². The summed E-state index contributed by atoms with van der Waals surface area (Å²) in [5, 5.41) is 23.1. The average molecular weight is 872 g/mol. The van der Waals surface area contributed by atoms with E-state index < -0.39 is 12.1 Å². The summed E-state index contributed by atoms with van der Waals surface area (Å²) in [5.41, 5.74) is 0. The van der Waals surface area contributed by atoms with Crippen LogP contribution in [0.15, 0.2) is 36.5 Å². The largest absolute Gasteiger partial charge is 0.466 e. The van der Waals surface area contributed by atoms with E-state index in [0.717, 1.165) is 64.2 Å². The Morgan fingerprint density at radius 1 is 0.452 bits per heavy atom. The van der Waals surface area contributed by atoms with Gasteiger partial charge in [-0.1, -0.05) is 243 Å². The Hall–Kier alpha value is -1.92. The Bertz CT molecular complexity index is 1010. The predicted molar refractivity (Wildman–Crippen MR) is 269 cm³/mol. The highest BCUT2D eigenvalue weighted by Gasteiger charge is 2.18. The maximum Gasteiger partial charge on any atom is 0.305 e. The van der Waals surface area contributed by atoms with Gasteiger partial charge in [-0.3, -0.25) is 9.59 Å². The summed E-state index contributed by atoms with van der Waals surface area (Å²) in [6.45, 7) is 4.85. The van der Waals surface area contributed by atoms with Gasteiger partial charge >= 0.3 is 5.97 Å². The van der Waals surface area contributed by atoms with Gasteiger partial charge in [0.2, 0.25) is 5.91 Å². The molecule has 0 saturated heterocycles. The van der Waals surface area contributed by atoms with Crippen molar-refractivity contribution in [2.45, 2.75) is 296 Å². The first-order valence-corrected chi connectivity index (χ1v) is 27.3. The second-order valence-corrected chi connectivity index (χ2v) is 18.6. The molecule has 0 spiro atoms. The maximum atomic E-state index is 12.4. The molecule has 0 aliphatic heterocycles. The Balaban J connectivity index is 3.49. The van der Waals surface area contributed by atoms with Gasteiger partial charge in [-0.05, 0) is 64.2 Å². The van der Waals surface area contributed by atoms with Crippen molar-refractivity contribution in [3.05, 3.63) is 36.5 Å². The fourth-order valence-corrected chi connectivity index (χ4v) is 8.19. The molecule has 3 N–H and O–H groups in total. The maximum absolute atomic E-state index is 12.4. The molecule has 0 rings (SSSR count). The highest BCUT2D eigenvalue weighted by molar-refractivity contribution is 5.76. The summed E-state index contributed by atoms with van der Waals surface area (Å²) < 4.78 is 5.47. The number of nitrogens with one attached hydrogen (secondary N) is 1. The normalized spacial score (nSPS) is 12.9. The molecule has 62 heavy (non-hydrogen) atoms. The molecule has 0 fully saturated rings. The van der Waals surface area contributed by atoms with Gasteiger partial charge in [-0.15, -0.1) is 0 Å². The van der Waals surface area contributed by atoms with Crippen molar-refractivity contribution in [3.8, 4) is 0 Å². The number of rotatable bonds is 50. The van der Waals surface area contributed by atoms with Crippen LogP contribution in [0.4, 0.5) is 0 Å². The van der Waals surface area contributed by atoms with Crippen molar-refractivity contribution in [2.24, 2.45) is 0 Å². The minimum Gasteiger partial charge on any atom is -0.466 e. The van der Waals surface area contributed by atoms with E-state index in [4.69, 9.17) is 4.74 Å². The molecule has 0 aromatic heterocycles. The number of unbranched alkanes of at least 4 members (excludes halogenated alkanes) is 35. The van der Waals surface area contributed by atoms with Gasteiger partial charge in [0.1, 0.15) is 0 Å². The van der Waals surface area contributed by atoms with E-state index in [0.29, 0.717) is 19.4 Å². The third-order valence-electron chi connectivity index (χ3n) is 12.4. The fourth-order valence-electron chi connectivity index (χ4n) is 8.19. The van der Waals surface area contributed by atoms with Crippen molar-refractivity contribution in [3.63, 3.8) is 0 Å². The summed E-state index contributed by atoms with van der Waals surface area (Å²) in [6.07, 6.45) is 62.9. The van der Waals surface area contributed by atoms with Crippen LogP contribution in [0.5, 0.6) is 0 Å². The molecule has 0 heterocycles. The van der Waals surface area contributed by atoms with Crippen LogP contribution in [0, 0.1) is 0 Å². The minimum absolute atomic E-state index is 0.0184. The molecular formula is C56H105NO5. The van der Waals surface area contributed by atoms with E-state index in [1.54, 1.807) is 6.08 Å². The summed E-state index contributed by atoms with van der Waals surface area (Å²) in [4.78, 5) is 24.5. The number of carbonyl (C=O) groups is 2. The highest BCUT2D eigenvalue weighted by atomic mass is 16.5. The monoisotopic (exact) mass is 872 g/mol. The number of amides is 1. The zero-order valence-electron chi connectivity index (χ0n) is 41.4. The molecule has 0 aliphatic carbocycles. The highest BCUT2D eigenvalue weighted by Crippen LogP contribution is 2.16. The van der Waals surface area contributed by atoms with E-state index in [1.807, 2.05) is 6.08 Å². The number of carbonyl (C=O) groups excluding carboxylic acids is 2. The Morgan fingerprint density at radius 2 is 0.806 bits per heavy atom. The molecule has 0 aliphatic rings. The van der Waals surface area contributed by atoms with Gasteiger partial charge in [0, 0.05) is 12.8 Å². The SMILES string of the molecule is CCCCCC/C=C\C/C=C\CCCCCCCCCC(=O)OCCCCCCCCCCCCCCC(=O)NC(CO)C(O)/C=C/CCCCCCCCCCCCCCC. The number of ether oxygens (including phenoxy) is 1. The molecular weight excluding hydrogens is 767 g/mol. The average Bonchev–Trinajstić information content (AvgIpc) is 3.27. The zero-order valence-corrected chi connectivity index (χ0v) is 41.4. The molecule has 2 atom stereocenters. The lowest BCUT2D eigenvalue weighted by atomic mass is 10.0. The second-order valence-electron chi connectivity index (χ2n) is 18.6. The second kappa shape index (κ2) is 51.7. The zero-order chi connectivity index (χ0) is 45.1. The first-order valence-electron chi connectivity index (χ1n) is 27.3. The van der Waals surface area contributed by atoms with Crippen LogP contribution in [0.1, 0.15) is 284 Å². The van der Waals surface area contributed by atoms with Gasteiger partial charge in [0.25, 0.3) is 0 Å². The van der Waals surface area contributed by atoms with Crippen LogP contribution in [-0.2, 0) is 14.3 Å². The summed E-state index contributed by atoms with van der Waals surface area (Å²) in [5.74, 6) is -0.102. The lowest BCUT2D eigenvalue weighted by Crippen LogP contribution is -2.45. The smallest absolute Gasteiger partial charge is 0.305 e. The Labute approximate surface area is 385 Å².